The Morgan fingerprint density at radius 3 is 2.56 bits per heavy atom. The van der Waals surface area contributed by atoms with E-state index < -0.39 is 0 Å². The van der Waals surface area contributed by atoms with Crippen LogP contribution in [-0.2, 0) is 0 Å². The van der Waals surface area contributed by atoms with Crippen LogP contribution in [0.25, 0.3) is 0 Å². The lowest BCUT2D eigenvalue weighted by atomic mass is 10.3. The number of hydrogen-bond acceptors (Lipinski definition) is 5. The van der Waals surface area contributed by atoms with Crippen LogP contribution < -0.4 is 15.2 Å². The molecule has 2 N–H and O–H groups in total. The molecule has 1 aromatic heterocycles. The summed E-state index contributed by atoms with van der Waals surface area (Å²) in [4.78, 5) is 8.47. The third-order valence-electron chi connectivity index (χ3n) is 2.60. The first-order valence-electron chi connectivity index (χ1n) is 5.52. The maximum absolute atomic E-state index is 5.86. The number of nitrogens with zero attached hydrogens (tertiary/aromatic N) is 2. The molecule has 18 heavy (non-hydrogen) atoms. The van der Waals surface area contributed by atoms with E-state index in [-0.39, 0.29) is 0 Å². The second kappa shape index (κ2) is 4.91. The number of benzene rings is 1. The van der Waals surface area contributed by atoms with Gasteiger partial charge in [-0.2, -0.15) is 0 Å². The Labute approximate surface area is 106 Å². The molecule has 1 heterocycles. The number of anilines is 1. The molecule has 0 bridgehead atoms. The Morgan fingerprint density at radius 2 is 1.94 bits per heavy atom. The number of nitrogens with two attached hydrogens (primary N) is 1. The average molecular weight is 245 g/mol. The largest absolute Gasteiger partial charge is 0.497 e. The number of hydrogen-bond donors (Lipinski definition) is 1. The smallest absolute Gasteiger partial charge is 0.238 e. The summed E-state index contributed by atoms with van der Waals surface area (Å²) in [5, 5.41) is 0. The van der Waals surface area contributed by atoms with Gasteiger partial charge in [0.2, 0.25) is 5.88 Å². The van der Waals surface area contributed by atoms with E-state index >= 15 is 0 Å². The minimum atomic E-state index is 0.426. The molecule has 0 fully saturated rings. The molecule has 5 heteroatoms. The highest BCUT2D eigenvalue weighted by atomic mass is 16.5. The van der Waals surface area contributed by atoms with E-state index in [0.717, 1.165) is 11.4 Å². The first kappa shape index (κ1) is 12.2. The van der Waals surface area contributed by atoms with Gasteiger partial charge in [-0.25, -0.2) is 4.98 Å². The van der Waals surface area contributed by atoms with Crippen LogP contribution in [0.1, 0.15) is 11.4 Å². The van der Waals surface area contributed by atoms with Gasteiger partial charge in [-0.05, 0) is 26.0 Å². The van der Waals surface area contributed by atoms with Gasteiger partial charge < -0.3 is 15.2 Å². The van der Waals surface area contributed by atoms with Gasteiger partial charge in [0.25, 0.3) is 0 Å². The minimum Gasteiger partial charge on any atom is -0.497 e. The van der Waals surface area contributed by atoms with E-state index in [9.17, 15) is 0 Å². The lowest BCUT2D eigenvalue weighted by molar-refractivity contribution is 0.412. The van der Waals surface area contributed by atoms with E-state index in [0.29, 0.717) is 23.1 Å². The van der Waals surface area contributed by atoms with Gasteiger partial charge in [-0.3, -0.25) is 4.98 Å². The molecule has 0 amide bonds. The van der Waals surface area contributed by atoms with Crippen molar-refractivity contribution in [1.82, 2.24) is 9.97 Å². The topological polar surface area (TPSA) is 70.3 Å². The number of ether oxygens (including phenoxy) is 2. The molecule has 0 radical (unpaired) electrons. The molecule has 0 aliphatic rings. The summed E-state index contributed by atoms with van der Waals surface area (Å²) in [5.41, 5.74) is 8.07. The Morgan fingerprint density at radius 1 is 1.17 bits per heavy atom. The van der Waals surface area contributed by atoms with Gasteiger partial charge in [0, 0.05) is 6.07 Å². The second-order valence-electron chi connectivity index (χ2n) is 3.88. The van der Waals surface area contributed by atoms with Crippen LogP contribution in [0.4, 0.5) is 5.69 Å². The van der Waals surface area contributed by atoms with Crippen molar-refractivity contribution < 1.29 is 9.47 Å². The second-order valence-corrected chi connectivity index (χ2v) is 3.88. The SMILES string of the molecule is COc1ccc(Oc2cnc(C)c(C)n2)c(N)c1. The van der Waals surface area contributed by atoms with E-state index in [1.807, 2.05) is 13.8 Å². The lowest BCUT2D eigenvalue weighted by Crippen LogP contribution is -1.97. The monoisotopic (exact) mass is 245 g/mol. The number of rotatable bonds is 3. The lowest BCUT2D eigenvalue weighted by Gasteiger charge is -2.09. The van der Waals surface area contributed by atoms with E-state index in [1.54, 1.807) is 31.5 Å². The molecule has 94 valence electrons. The summed E-state index contributed by atoms with van der Waals surface area (Å²) in [6.45, 7) is 3.78. The highest BCUT2D eigenvalue weighted by Gasteiger charge is 2.06. The molecular weight excluding hydrogens is 230 g/mol. The van der Waals surface area contributed by atoms with Crippen LogP contribution in [0.2, 0.25) is 0 Å². The molecule has 2 rings (SSSR count). The first-order valence-corrected chi connectivity index (χ1v) is 5.52. The third kappa shape index (κ3) is 2.51. The van der Waals surface area contributed by atoms with Crippen LogP contribution in [0.3, 0.4) is 0 Å². The fourth-order valence-corrected chi connectivity index (χ4v) is 1.43. The average Bonchev–Trinajstić information content (AvgIpc) is 2.36. The fourth-order valence-electron chi connectivity index (χ4n) is 1.43. The predicted molar refractivity (Wildman–Crippen MR) is 69.0 cm³/mol. The van der Waals surface area contributed by atoms with Crippen LogP contribution in [0.15, 0.2) is 24.4 Å². The van der Waals surface area contributed by atoms with Crippen LogP contribution >= 0.6 is 0 Å². The summed E-state index contributed by atoms with van der Waals surface area (Å²) < 4.78 is 10.7. The Balaban J connectivity index is 2.25. The van der Waals surface area contributed by atoms with E-state index in [1.165, 1.54) is 0 Å². The zero-order valence-electron chi connectivity index (χ0n) is 10.6. The third-order valence-corrected chi connectivity index (χ3v) is 2.60. The molecule has 0 aliphatic carbocycles. The summed E-state index contributed by atoms with van der Waals surface area (Å²) in [5.74, 6) is 1.65. The maximum atomic E-state index is 5.86. The molecule has 0 saturated heterocycles. The van der Waals surface area contributed by atoms with Gasteiger partial charge in [0.1, 0.15) is 5.75 Å². The van der Waals surface area contributed by atoms with E-state index in [4.69, 9.17) is 15.2 Å². The van der Waals surface area contributed by atoms with Gasteiger partial charge >= 0.3 is 0 Å². The van der Waals surface area contributed by atoms with Crippen LogP contribution in [0, 0.1) is 13.8 Å². The van der Waals surface area contributed by atoms with Crippen LogP contribution in [-0.4, -0.2) is 17.1 Å². The maximum Gasteiger partial charge on any atom is 0.238 e. The van der Waals surface area contributed by atoms with Crippen molar-refractivity contribution >= 4 is 5.69 Å². The minimum absolute atomic E-state index is 0.426. The van der Waals surface area contributed by atoms with Crippen molar-refractivity contribution in [3.8, 4) is 17.4 Å². The van der Waals surface area contributed by atoms with Crippen LogP contribution in [0.5, 0.6) is 17.4 Å². The van der Waals surface area contributed by atoms with Crippen molar-refractivity contribution in [1.29, 1.82) is 0 Å². The molecule has 0 spiro atoms. The normalized spacial score (nSPS) is 10.2. The summed E-state index contributed by atoms with van der Waals surface area (Å²) >= 11 is 0. The molecule has 0 atom stereocenters. The van der Waals surface area contributed by atoms with Crippen molar-refractivity contribution in [2.24, 2.45) is 0 Å². The van der Waals surface area contributed by atoms with Crippen molar-refractivity contribution in [2.75, 3.05) is 12.8 Å². The zero-order chi connectivity index (χ0) is 13.1. The fraction of sp³-hybridized carbons (Fsp3) is 0.231. The van der Waals surface area contributed by atoms with Crippen molar-refractivity contribution in [3.63, 3.8) is 0 Å². The molecule has 5 nitrogen and oxygen atoms in total. The van der Waals surface area contributed by atoms with Crippen molar-refractivity contribution in [3.05, 3.63) is 35.8 Å². The predicted octanol–water partition coefficient (Wildman–Crippen LogP) is 2.48. The summed E-state index contributed by atoms with van der Waals surface area (Å²) in [6, 6.07) is 5.22. The number of aryl methyl sites for hydroxylation is 2. The number of methoxy groups -OCH3 is 1. The molecular formula is C13H15N3O2. The van der Waals surface area contributed by atoms with Gasteiger partial charge in [0.15, 0.2) is 5.75 Å². The standard InChI is InChI=1S/C13H15N3O2/c1-8-9(2)16-13(7-15-8)18-12-5-4-10(17-3)6-11(12)14/h4-7H,14H2,1-3H3. The number of nitrogen functional groups attached to an aromatic ring is 1. The van der Waals surface area contributed by atoms with Gasteiger partial charge in [-0.1, -0.05) is 0 Å². The Kier molecular flexibility index (Phi) is 3.32. The first-order chi connectivity index (χ1) is 8.60. The quantitative estimate of drug-likeness (QED) is 0.841. The highest BCUT2D eigenvalue weighted by molar-refractivity contribution is 5.57. The Hall–Kier alpha value is -2.30. The summed E-state index contributed by atoms with van der Waals surface area (Å²) in [6.07, 6.45) is 1.58. The highest BCUT2D eigenvalue weighted by Crippen LogP contribution is 2.29. The molecule has 0 unspecified atom stereocenters. The molecule has 1 aromatic carbocycles. The number of aromatic nitrogens is 2. The zero-order valence-corrected chi connectivity index (χ0v) is 10.6. The van der Waals surface area contributed by atoms with Gasteiger partial charge in [0.05, 0.1) is 30.4 Å². The van der Waals surface area contributed by atoms with Crippen molar-refractivity contribution in [2.45, 2.75) is 13.8 Å². The molecule has 0 aliphatic heterocycles. The Bertz CT molecular complexity index is 570. The van der Waals surface area contributed by atoms with Gasteiger partial charge in [-0.15, -0.1) is 0 Å². The van der Waals surface area contributed by atoms with E-state index in [2.05, 4.69) is 9.97 Å². The molecule has 2 aromatic rings. The molecule has 0 saturated carbocycles. The summed E-state index contributed by atoms with van der Waals surface area (Å²) in [7, 11) is 1.59.